The molecule has 0 saturated heterocycles. The Morgan fingerprint density at radius 1 is 1.42 bits per heavy atom. The van der Waals surface area contributed by atoms with Crippen molar-refractivity contribution in [1.29, 1.82) is 0 Å². The molecule has 0 radical (unpaired) electrons. The quantitative estimate of drug-likeness (QED) is 0.883. The molecule has 2 rings (SSSR count). The molecule has 0 aliphatic heterocycles. The summed E-state index contributed by atoms with van der Waals surface area (Å²) in [5.74, 6) is 0.966. The number of rotatable bonds is 6. The minimum atomic E-state index is 0.210. The van der Waals surface area contributed by atoms with Gasteiger partial charge in [-0.25, -0.2) is 4.98 Å². The molecule has 4 nitrogen and oxygen atoms in total. The van der Waals surface area contributed by atoms with Crippen LogP contribution in [-0.4, -0.2) is 21.3 Å². The van der Waals surface area contributed by atoms with Gasteiger partial charge in [-0.2, -0.15) is 5.10 Å². The molecule has 1 heterocycles. The van der Waals surface area contributed by atoms with E-state index in [2.05, 4.69) is 28.4 Å². The van der Waals surface area contributed by atoms with Crippen LogP contribution in [0.2, 0.25) is 5.02 Å². The van der Waals surface area contributed by atoms with E-state index in [0.717, 1.165) is 30.2 Å². The molecule has 0 aliphatic carbocycles. The van der Waals surface area contributed by atoms with E-state index in [4.69, 9.17) is 11.6 Å². The Bertz CT molecular complexity index is 524. The lowest BCUT2D eigenvalue weighted by Gasteiger charge is -2.18. The van der Waals surface area contributed by atoms with Crippen LogP contribution in [0.15, 0.2) is 30.6 Å². The zero-order chi connectivity index (χ0) is 13.7. The van der Waals surface area contributed by atoms with Gasteiger partial charge in [-0.05, 0) is 30.7 Å². The maximum atomic E-state index is 6.08. The molecule has 1 unspecified atom stereocenters. The Morgan fingerprint density at radius 3 is 2.89 bits per heavy atom. The molecule has 0 fully saturated rings. The maximum Gasteiger partial charge on any atom is 0.138 e. The fourth-order valence-electron chi connectivity index (χ4n) is 2.04. The van der Waals surface area contributed by atoms with Gasteiger partial charge in [0, 0.05) is 24.5 Å². The number of halogens is 1. The summed E-state index contributed by atoms with van der Waals surface area (Å²) in [6, 6.07) is 8.18. The number of hydrogen-bond acceptors (Lipinski definition) is 3. The van der Waals surface area contributed by atoms with Crippen molar-refractivity contribution in [2.24, 2.45) is 7.05 Å². The van der Waals surface area contributed by atoms with Crippen molar-refractivity contribution in [3.63, 3.8) is 0 Å². The first-order chi connectivity index (χ1) is 9.20. The lowest BCUT2D eigenvalue weighted by molar-refractivity contribution is 0.506. The van der Waals surface area contributed by atoms with Crippen molar-refractivity contribution < 1.29 is 0 Å². The summed E-state index contributed by atoms with van der Waals surface area (Å²) < 4.78 is 1.81. The fourth-order valence-corrected chi connectivity index (χ4v) is 2.24. The van der Waals surface area contributed by atoms with Gasteiger partial charge >= 0.3 is 0 Å². The highest BCUT2D eigenvalue weighted by atomic mass is 35.5. The van der Waals surface area contributed by atoms with Gasteiger partial charge in [-0.1, -0.05) is 30.7 Å². The molecule has 0 aliphatic rings. The molecule has 5 heteroatoms. The van der Waals surface area contributed by atoms with E-state index in [-0.39, 0.29) is 6.04 Å². The second kappa shape index (κ2) is 6.68. The molecule has 0 amide bonds. The molecule has 0 saturated carbocycles. The van der Waals surface area contributed by atoms with Gasteiger partial charge < -0.3 is 5.32 Å². The van der Waals surface area contributed by atoms with Crippen LogP contribution in [0.5, 0.6) is 0 Å². The SMILES string of the molecule is CCCNC(Cc1ncnn1C)c1cccc(Cl)c1. The van der Waals surface area contributed by atoms with Crippen LogP contribution in [-0.2, 0) is 13.5 Å². The molecule has 0 spiro atoms. The number of benzene rings is 1. The van der Waals surface area contributed by atoms with Crippen molar-refractivity contribution in [2.75, 3.05) is 6.54 Å². The molecule has 0 bridgehead atoms. The van der Waals surface area contributed by atoms with Gasteiger partial charge in [0.05, 0.1) is 0 Å². The van der Waals surface area contributed by atoms with Crippen molar-refractivity contribution in [3.8, 4) is 0 Å². The Balaban J connectivity index is 2.18. The van der Waals surface area contributed by atoms with Crippen LogP contribution in [0, 0.1) is 0 Å². The van der Waals surface area contributed by atoms with E-state index in [9.17, 15) is 0 Å². The minimum absolute atomic E-state index is 0.210. The summed E-state index contributed by atoms with van der Waals surface area (Å²) in [6.07, 6.45) is 3.48. The van der Waals surface area contributed by atoms with Crippen LogP contribution in [0.25, 0.3) is 0 Å². The maximum absolute atomic E-state index is 6.08. The van der Waals surface area contributed by atoms with E-state index < -0.39 is 0 Å². The molecular formula is C14H19ClN4. The predicted molar refractivity (Wildman–Crippen MR) is 77.2 cm³/mol. The van der Waals surface area contributed by atoms with E-state index in [0.29, 0.717) is 0 Å². The lowest BCUT2D eigenvalue weighted by Crippen LogP contribution is -2.25. The lowest BCUT2D eigenvalue weighted by atomic mass is 10.0. The Kier molecular flexibility index (Phi) is 4.93. The molecule has 2 aromatic rings. The average molecular weight is 279 g/mol. The van der Waals surface area contributed by atoms with Crippen LogP contribution >= 0.6 is 11.6 Å². The third-order valence-electron chi connectivity index (χ3n) is 3.08. The topological polar surface area (TPSA) is 42.7 Å². The third kappa shape index (κ3) is 3.78. The van der Waals surface area contributed by atoms with E-state index in [1.54, 1.807) is 6.33 Å². The summed E-state index contributed by atoms with van der Waals surface area (Å²) in [6.45, 7) is 3.12. The summed E-state index contributed by atoms with van der Waals surface area (Å²) in [7, 11) is 1.91. The van der Waals surface area contributed by atoms with Gasteiger partial charge in [0.1, 0.15) is 12.2 Å². The number of aryl methyl sites for hydroxylation is 1. The highest BCUT2D eigenvalue weighted by molar-refractivity contribution is 6.30. The van der Waals surface area contributed by atoms with Gasteiger partial charge in [0.15, 0.2) is 0 Å². The van der Waals surface area contributed by atoms with Crippen LogP contribution in [0.3, 0.4) is 0 Å². The van der Waals surface area contributed by atoms with Gasteiger partial charge in [-0.3, -0.25) is 4.68 Å². The van der Waals surface area contributed by atoms with E-state index in [1.807, 2.05) is 29.9 Å². The zero-order valence-electron chi connectivity index (χ0n) is 11.3. The number of aromatic nitrogens is 3. The first-order valence-corrected chi connectivity index (χ1v) is 6.90. The Hall–Kier alpha value is -1.39. The summed E-state index contributed by atoms with van der Waals surface area (Å²) >= 11 is 6.08. The molecule has 1 aromatic heterocycles. The Labute approximate surface area is 118 Å². The monoisotopic (exact) mass is 278 g/mol. The van der Waals surface area contributed by atoms with Gasteiger partial charge in [-0.15, -0.1) is 0 Å². The molecule has 1 aromatic carbocycles. The van der Waals surface area contributed by atoms with Crippen LogP contribution in [0.1, 0.15) is 30.8 Å². The van der Waals surface area contributed by atoms with Crippen LogP contribution in [0.4, 0.5) is 0 Å². The predicted octanol–water partition coefficient (Wildman–Crippen LogP) is 2.75. The van der Waals surface area contributed by atoms with Gasteiger partial charge in [0.25, 0.3) is 0 Å². The molecule has 1 atom stereocenters. The molecule has 19 heavy (non-hydrogen) atoms. The third-order valence-corrected chi connectivity index (χ3v) is 3.32. The van der Waals surface area contributed by atoms with E-state index >= 15 is 0 Å². The fraction of sp³-hybridized carbons (Fsp3) is 0.429. The number of nitrogens with one attached hydrogen (secondary N) is 1. The zero-order valence-corrected chi connectivity index (χ0v) is 12.1. The van der Waals surface area contributed by atoms with Crippen LogP contribution < -0.4 is 5.32 Å². The normalized spacial score (nSPS) is 12.6. The highest BCUT2D eigenvalue weighted by Gasteiger charge is 2.14. The van der Waals surface area contributed by atoms with Crippen molar-refractivity contribution >= 4 is 11.6 Å². The first kappa shape index (κ1) is 14.0. The molecule has 1 N–H and O–H groups in total. The molecular weight excluding hydrogens is 260 g/mol. The minimum Gasteiger partial charge on any atom is -0.310 e. The largest absolute Gasteiger partial charge is 0.310 e. The first-order valence-electron chi connectivity index (χ1n) is 6.52. The Morgan fingerprint density at radius 2 is 2.26 bits per heavy atom. The average Bonchev–Trinajstić information content (AvgIpc) is 2.80. The summed E-state index contributed by atoms with van der Waals surface area (Å²) in [4.78, 5) is 4.29. The molecule has 102 valence electrons. The second-order valence-corrected chi connectivity index (χ2v) is 5.00. The van der Waals surface area contributed by atoms with Crippen molar-refractivity contribution in [3.05, 3.63) is 47.0 Å². The van der Waals surface area contributed by atoms with Gasteiger partial charge in [0.2, 0.25) is 0 Å². The number of nitrogens with zero attached hydrogens (tertiary/aromatic N) is 3. The van der Waals surface area contributed by atoms with E-state index in [1.165, 1.54) is 5.56 Å². The smallest absolute Gasteiger partial charge is 0.138 e. The summed E-state index contributed by atoms with van der Waals surface area (Å²) in [5.41, 5.74) is 1.18. The number of hydrogen-bond donors (Lipinski definition) is 1. The van der Waals surface area contributed by atoms with Crippen molar-refractivity contribution in [1.82, 2.24) is 20.1 Å². The second-order valence-electron chi connectivity index (χ2n) is 4.57. The highest BCUT2D eigenvalue weighted by Crippen LogP contribution is 2.20. The summed E-state index contributed by atoms with van der Waals surface area (Å²) in [5, 5.41) is 8.41. The van der Waals surface area contributed by atoms with Crippen molar-refractivity contribution in [2.45, 2.75) is 25.8 Å². The standard InChI is InChI=1S/C14H19ClN4/c1-3-7-16-13(9-14-17-10-18-19(14)2)11-5-4-6-12(15)8-11/h4-6,8,10,13,16H,3,7,9H2,1-2H3.